The van der Waals surface area contributed by atoms with Crippen LogP contribution >= 0.6 is 0 Å². The number of urea groups is 1. The standard InChI is InChI=1S/C13H23N3O4/c1-2-4-11(17)15-10-5-3-8-16(9-10)13(20)14-7-6-12(18)19/h10H,2-9H2,1H3,(H,14,20)(H,15,17)(H,18,19). The summed E-state index contributed by atoms with van der Waals surface area (Å²) in [6, 6.07) is -0.270. The molecular weight excluding hydrogens is 262 g/mol. The van der Waals surface area contributed by atoms with Crippen molar-refractivity contribution in [3.05, 3.63) is 0 Å². The van der Waals surface area contributed by atoms with Crippen LogP contribution in [0.3, 0.4) is 0 Å². The number of carboxylic acids is 1. The molecular formula is C13H23N3O4. The van der Waals surface area contributed by atoms with Crippen molar-refractivity contribution in [2.75, 3.05) is 19.6 Å². The molecule has 1 rings (SSSR count). The van der Waals surface area contributed by atoms with Gasteiger partial charge in [-0.3, -0.25) is 9.59 Å². The zero-order valence-corrected chi connectivity index (χ0v) is 11.9. The highest BCUT2D eigenvalue weighted by Crippen LogP contribution is 2.10. The van der Waals surface area contributed by atoms with Crippen LogP contribution in [-0.2, 0) is 9.59 Å². The zero-order valence-electron chi connectivity index (χ0n) is 11.9. The number of carboxylic acid groups (broad SMARTS) is 1. The van der Waals surface area contributed by atoms with E-state index in [1.807, 2.05) is 6.92 Å². The van der Waals surface area contributed by atoms with Crippen LogP contribution in [0, 0.1) is 0 Å². The van der Waals surface area contributed by atoms with Crippen molar-refractivity contribution in [1.82, 2.24) is 15.5 Å². The molecule has 20 heavy (non-hydrogen) atoms. The molecule has 0 spiro atoms. The Bertz CT molecular complexity index is 360. The molecule has 7 heteroatoms. The smallest absolute Gasteiger partial charge is 0.317 e. The average Bonchev–Trinajstić information content (AvgIpc) is 2.38. The first-order valence-electron chi connectivity index (χ1n) is 7.06. The number of carbonyl (C=O) groups is 3. The van der Waals surface area contributed by atoms with Gasteiger partial charge in [0, 0.05) is 32.1 Å². The number of amides is 3. The molecule has 0 bridgehead atoms. The largest absolute Gasteiger partial charge is 0.481 e. The Morgan fingerprint density at radius 1 is 1.30 bits per heavy atom. The fourth-order valence-corrected chi connectivity index (χ4v) is 2.19. The molecule has 114 valence electrons. The van der Waals surface area contributed by atoms with Crippen LogP contribution in [-0.4, -0.2) is 53.6 Å². The van der Waals surface area contributed by atoms with E-state index >= 15 is 0 Å². The second kappa shape index (κ2) is 8.39. The van der Waals surface area contributed by atoms with Gasteiger partial charge in [-0.25, -0.2) is 4.79 Å². The van der Waals surface area contributed by atoms with Crippen molar-refractivity contribution >= 4 is 17.9 Å². The summed E-state index contributed by atoms with van der Waals surface area (Å²) in [5.74, 6) is -0.917. The fraction of sp³-hybridized carbons (Fsp3) is 0.769. The molecule has 0 aromatic carbocycles. The number of hydrogen-bond acceptors (Lipinski definition) is 3. The lowest BCUT2D eigenvalue weighted by molar-refractivity contribution is -0.136. The second-order valence-electron chi connectivity index (χ2n) is 4.98. The predicted molar refractivity (Wildman–Crippen MR) is 73.3 cm³/mol. The van der Waals surface area contributed by atoms with Gasteiger partial charge in [0.1, 0.15) is 0 Å². The van der Waals surface area contributed by atoms with Gasteiger partial charge in [0.15, 0.2) is 0 Å². The maximum Gasteiger partial charge on any atom is 0.317 e. The van der Waals surface area contributed by atoms with Crippen LogP contribution in [0.2, 0.25) is 0 Å². The fourth-order valence-electron chi connectivity index (χ4n) is 2.19. The summed E-state index contributed by atoms with van der Waals surface area (Å²) in [5, 5.41) is 14.0. The van der Waals surface area contributed by atoms with E-state index in [1.54, 1.807) is 4.90 Å². The van der Waals surface area contributed by atoms with Crippen LogP contribution in [0.25, 0.3) is 0 Å². The van der Waals surface area contributed by atoms with Crippen LogP contribution in [0.1, 0.15) is 39.0 Å². The molecule has 3 amide bonds. The Balaban J connectivity index is 2.34. The molecule has 3 N–H and O–H groups in total. The van der Waals surface area contributed by atoms with E-state index in [2.05, 4.69) is 10.6 Å². The van der Waals surface area contributed by atoms with Gasteiger partial charge < -0.3 is 20.6 Å². The molecule has 1 atom stereocenters. The number of nitrogens with one attached hydrogen (secondary N) is 2. The Labute approximate surface area is 118 Å². The summed E-state index contributed by atoms with van der Waals surface area (Å²) in [7, 11) is 0. The summed E-state index contributed by atoms with van der Waals surface area (Å²) < 4.78 is 0. The van der Waals surface area contributed by atoms with Gasteiger partial charge in [0.05, 0.1) is 6.42 Å². The Morgan fingerprint density at radius 2 is 2.05 bits per heavy atom. The lowest BCUT2D eigenvalue weighted by Gasteiger charge is -2.33. The number of likely N-dealkylation sites (tertiary alicyclic amines) is 1. The van der Waals surface area contributed by atoms with E-state index in [4.69, 9.17) is 5.11 Å². The highest BCUT2D eigenvalue weighted by molar-refractivity contribution is 5.77. The van der Waals surface area contributed by atoms with Crippen molar-refractivity contribution in [3.63, 3.8) is 0 Å². The molecule has 0 aliphatic carbocycles. The van der Waals surface area contributed by atoms with Gasteiger partial charge in [0.2, 0.25) is 5.91 Å². The van der Waals surface area contributed by atoms with Crippen molar-refractivity contribution < 1.29 is 19.5 Å². The van der Waals surface area contributed by atoms with Gasteiger partial charge in [-0.15, -0.1) is 0 Å². The van der Waals surface area contributed by atoms with E-state index in [1.165, 1.54) is 0 Å². The van der Waals surface area contributed by atoms with Crippen molar-refractivity contribution in [2.45, 2.75) is 45.1 Å². The molecule has 1 fully saturated rings. The minimum atomic E-state index is -0.936. The quantitative estimate of drug-likeness (QED) is 0.663. The first-order chi connectivity index (χ1) is 9.52. The predicted octanol–water partition coefficient (Wildman–Crippen LogP) is 0.551. The minimum Gasteiger partial charge on any atom is -0.481 e. The van der Waals surface area contributed by atoms with Crippen LogP contribution in [0.4, 0.5) is 4.79 Å². The molecule has 0 aromatic heterocycles. The van der Waals surface area contributed by atoms with Gasteiger partial charge in [-0.05, 0) is 19.3 Å². The molecule has 1 aliphatic heterocycles. The Kier molecular flexibility index (Phi) is 6.83. The van der Waals surface area contributed by atoms with Gasteiger partial charge >= 0.3 is 12.0 Å². The molecule has 1 saturated heterocycles. The van der Waals surface area contributed by atoms with Gasteiger partial charge in [-0.2, -0.15) is 0 Å². The average molecular weight is 285 g/mol. The minimum absolute atomic E-state index is 0.00646. The van der Waals surface area contributed by atoms with E-state index in [0.29, 0.717) is 19.5 Å². The monoisotopic (exact) mass is 285 g/mol. The highest BCUT2D eigenvalue weighted by atomic mass is 16.4. The van der Waals surface area contributed by atoms with Crippen molar-refractivity contribution in [1.29, 1.82) is 0 Å². The lowest BCUT2D eigenvalue weighted by atomic mass is 10.1. The van der Waals surface area contributed by atoms with E-state index in [0.717, 1.165) is 19.3 Å². The number of rotatable bonds is 6. The number of hydrogen-bond donors (Lipinski definition) is 3. The molecule has 7 nitrogen and oxygen atoms in total. The number of aliphatic carboxylic acids is 1. The number of nitrogens with zero attached hydrogens (tertiary/aromatic N) is 1. The third kappa shape index (κ3) is 5.90. The maximum atomic E-state index is 11.8. The first-order valence-corrected chi connectivity index (χ1v) is 7.06. The van der Waals surface area contributed by atoms with E-state index in [9.17, 15) is 14.4 Å². The molecule has 1 unspecified atom stereocenters. The molecule has 1 heterocycles. The number of piperidine rings is 1. The topological polar surface area (TPSA) is 98.7 Å². The second-order valence-corrected chi connectivity index (χ2v) is 4.98. The van der Waals surface area contributed by atoms with Crippen LogP contribution in [0.5, 0.6) is 0 Å². The zero-order chi connectivity index (χ0) is 15.0. The molecule has 0 radical (unpaired) electrons. The van der Waals surface area contributed by atoms with Crippen LogP contribution < -0.4 is 10.6 Å². The van der Waals surface area contributed by atoms with Crippen LogP contribution in [0.15, 0.2) is 0 Å². The molecule has 1 aliphatic rings. The summed E-state index contributed by atoms with van der Waals surface area (Å²) in [6.07, 6.45) is 2.92. The SMILES string of the molecule is CCCC(=O)NC1CCCN(C(=O)NCCC(=O)O)C1. The highest BCUT2D eigenvalue weighted by Gasteiger charge is 2.24. The summed E-state index contributed by atoms with van der Waals surface area (Å²) >= 11 is 0. The molecule has 0 saturated carbocycles. The number of carbonyl (C=O) groups excluding carboxylic acids is 2. The lowest BCUT2D eigenvalue weighted by Crippen LogP contribution is -2.52. The van der Waals surface area contributed by atoms with Crippen molar-refractivity contribution in [3.8, 4) is 0 Å². The van der Waals surface area contributed by atoms with E-state index in [-0.39, 0.29) is 30.9 Å². The van der Waals surface area contributed by atoms with Gasteiger partial charge in [-0.1, -0.05) is 6.92 Å². The summed E-state index contributed by atoms with van der Waals surface area (Å²) in [6.45, 7) is 3.19. The third-order valence-electron chi connectivity index (χ3n) is 3.17. The molecule has 0 aromatic rings. The summed E-state index contributed by atoms with van der Waals surface area (Å²) in [4.78, 5) is 35.4. The Morgan fingerprint density at radius 3 is 2.70 bits per heavy atom. The van der Waals surface area contributed by atoms with Crippen molar-refractivity contribution in [2.24, 2.45) is 0 Å². The third-order valence-corrected chi connectivity index (χ3v) is 3.17. The summed E-state index contributed by atoms with van der Waals surface area (Å²) in [5.41, 5.74) is 0. The van der Waals surface area contributed by atoms with Gasteiger partial charge in [0.25, 0.3) is 0 Å². The normalized spacial score (nSPS) is 18.4. The Hall–Kier alpha value is -1.79. The maximum absolute atomic E-state index is 11.8. The van der Waals surface area contributed by atoms with E-state index < -0.39 is 5.97 Å². The first kappa shape index (κ1) is 16.3.